The lowest BCUT2D eigenvalue weighted by molar-refractivity contribution is 0.295. The summed E-state index contributed by atoms with van der Waals surface area (Å²) < 4.78 is 28.0. The van der Waals surface area contributed by atoms with Crippen molar-refractivity contribution in [2.75, 3.05) is 7.05 Å². The topological polar surface area (TPSA) is 55.2 Å². The fraction of sp³-hybridized carbons (Fsp3) is 0.727. The molecule has 0 radical (unpaired) electrons. The first-order chi connectivity index (χ1) is 8.85. The van der Waals surface area contributed by atoms with Gasteiger partial charge in [0, 0.05) is 25.0 Å². The van der Waals surface area contributed by atoms with Crippen molar-refractivity contribution in [3.8, 4) is 0 Å². The third-order valence-corrected chi connectivity index (χ3v) is 7.04. The van der Waals surface area contributed by atoms with Crippen molar-refractivity contribution in [1.82, 2.24) is 14.1 Å². The molecule has 5 nitrogen and oxygen atoms in total. The number of aromatic nitrogens is 2. The lowest BCUT2D eigenvalue weighted by atomic mass is 9.96. The standard InChI is InChI=1S/C11H17BrClN3O2S/c1-15-11(9(13)7-14-15)19(17,18)16(2)10-6-4-3-5-8(10)12/h7-8,10H,3-6H2,1-2H3. The molecule has 0 saturated heterocycles. The van der Waals surface area contributed by atoms with Crippen LogP contribution in [0.4, 0.5) is 0 Å². The third kappa shape index (κ3) is 2.84. The van der Waals surface area contributed by atoms with Crippen LogP contribution >= 0.6 is 27.5 Å². The molecule has 0 N–H and O–H groups in total. The third-order valence-electron chi connectivity index (χ3n) is 3.58. The maximum atomic E-state index is 12.6. The highest BCUT2D eigenvalue weighted by Gasteiger charge is 2.36. The molecule has 0 aromatic carbocycles. The molecule has 19 heavy (non-hydrogen) atoms. The van der Waals surface area contributed by atoms with Gasteiger partial charge in [0.1, 0.15) is 0 Å². The highest BCUT2D eigenvalue weighted by Crippen LogP contribution is 2.32. The summed E-state index contributed by atoms with van der Waals surface area (Å²) in [6.07, 6.45) is 5.39. The normalized spacial score (nSPS) is 24.9. The van der Waals surface area contributed by atoms with Crippen LogP contribution in [0.5, 0.6) is 0 Å². The van der Waals surface area contributed by atoms with Gasteiger partial charge < -0.3 is 0 Å². The Morgan fingerprint density at radius 3 is 2.63 bits per heavy atom. The fourth-order valence-corrected chi connectivity index (χ4v) is 5.60. The highest BCUT2D eigenvalue weighted by atomic mass is 79.9. The number of hydrogen-bond donors (Lipinski definition) is 0. The first-order valence-electron chi connectivity index (χ1n) is 6.15. The largest absolute Gasteiger partial charge is 0.261 e. The Labute approximate surface area is 127 Å². The van der Waals surface area contributed by atoms with Crippen LogP contribution in [0, 0.1) is 0 Å². The van der Waals surface area contributed by atoms with E-state index in [2.05, 4.69) is 21.0 Å². The second-order valence-corrected chi connectivity index (χ2v) is 8.31. The fourth-order valence-electron chi connectivity index (χ4n) is 2.48. The van der Waals surface area contributed by atoms with Gasteiger partial charge in [-0.3, -0.25) is 4.68 Å². The molecule has 1 aromatic rings. The van der Waals surface area contributed by atoms with Crippen LogP contribution < -0.4 is 0 Å². The van der Waals surface area contributed by atoms with E-state index in [4.69, 9.17) is 11.6 Å². The summed E-state index contributed by atoms with van der Waals surface area (Å²) in [6, 6.07) is -0.0373. The lowest BCUT2D eigenvalue weighted by Gasteiger charge is -2.34. The van der Waals surface area contributed by atoms with E-state index in [-0.39, 0.29) is 20.9 Å². The average molecular weight is 371 g/mol. The number of halogens is 2. The number of nitrogens with zero attached hydrogens (tertiary/aromatic N) is 3. The Kier molecular flexibility index (Phi) is 4.59. The Morgan fingerprint density at radius 2 is 2.11 bits per heavy atom. The van der Waals surface area contributed by atoms with E-state index >= 15 is 0 Å². The van der Waals surface area contributed by atoms with E-state index < -0.39 is 10.0 Å². The molecule has 1 aliphatic rings. The molecule has 1 heterocycles. The van der Waals surface area contributed by atoms with E-state index in [1.165, 1.54) is 15.2 Å². The summed E-state index contributed by atoms with van der Waals surface area (Å²) in [5.74, 6) is 0. The van der Waals surface area contributed by atoms with Crippen LogP contribution in [0.3, 0.4) is 0 Å². The molecule has 0 aliphatic heterocycles. The van der Waals surface area contributed by atoms with Crippen molar-refractivity contribution in [2.24, 2.45) is 7.05 Å². The van der Waals surface area contributed by atoms with Gasteiger partial charge in [-0.1, -0.05) is 40.4 Å². The van der Waals surface area contributed by atoms with Gasteiger partial charge in [0.25, 0.3) is 10.0 Å². The predicted molar refractivity (Wildman–Crippen MR) is 78.1 cm³/mol. The molecular weight excluding hydrogens is 354 g/mol. The minimum atomic E-state index is -3.62. The number of rotatable bonds is 3. The Morgan fingerprint density at radius 1 is 1.47 bits per heavy atom. The van der Waals surface area contributed by atoms with E-state index in [9.17, 15) is 8.42 Å². The molecule has 1 saturated carbocycles. The first-order valence-corrected chi connectivity index (χ1v) is 8.88. The smallest absolute Gasteiger partial charge is 0.255 e. The van der Waals surface area contributed by atoms with Gasteiger partial charge in [0.2, 0.25) is 0 Å². The van der Waals surface area contributed by atoms with E-state index in [1.807, 2.05) is 0 Å². The van der Waals surface area contributed by atoms with Crippen molar-refractivity contribution in [3.05, 3.63) is 11.2 Å². The molecular formula is C11H17BrClN3O2S. The monoisotopic (exact) mass is 369 g/mol. The van der Waals surface area contributed by atoms with Crippen LogP contribution in [-0.2, 0) is 17.1 Å². The molecule has 1 fully saturated rings. The van der Waals surface area contributed by atoms with Crippen LogP contribution in [-0.4, -0.2) is 40.4 Å². The summed E-state index contributed by atoms with van der Waals surface area (Å²) in [6.45, 7) is 0. The number of alkyl halides is 1. The second-order valence-electron chi connectivity index (χ2n) is 4.81. The maximum absolute atomic E-state index is 12.6. The van der Waals surface area contributed by atoms with Crippen LogP contribution in [0.15, 0.2) is 11.2 Å². The average Bonchev–Trinajstić information content (AvgIpc) is 2.69. The molecule has 108 valence electrons. The summed E-state index contributed by atoms with van der Waals surface area (Å²) >= 11 is 9.53. The molecule has 2 unspecified atom stereocenters. The molecule has 8 heteroatoms. The minimum absolute atomic E-state index is 0.0373. The van der Waals surface area contributed by atoms with E-state index in [0.717, 1.165) is 25.7 Å². The molecule has 1 aliphatic carbocycles. The van der Waals surface area contributed by atoms with Gasteiger partial charge in [-0.25, -0.2) is 8.42 Å². The zero-order valence-electron chi connectivity index (χ0n) is 10.9. The highest BCUT2D eigenvalue weighted by molar-refractivity contribution is 9.09. The molecule has 0 spiro atoms. The Balaban J connectivity index is 2.34. The summed E-state index contributed by atoms with van der Waals surface area (Å²) in [7, 11) is -0.421. The van der Waals surface area contributed by atoms with Gasteiger partial charge in [-0.15, -0.1) is 0 Å². The van der Waals surface area contributed by atoms with Crippen molar-refractivity contribution in [1.29, 1.82) is 0 Å². The van der Waals surface area contributed by atoms with Crippen molar-refractivity contribution in [2.45, 2.75) is 41.6 Å². The van der Waals surface area contributed by atoms with Gasteiger partial charge in [-0.2, -0.15) is 9.40 Å². The summed E-state index contributed by atoms with van der Waals surface area (Å²) in [4.78, 5) is 0.188. The molecule has 0 amide bonds. The van der Waals surface area contributed by atoms with E-state index in [1.54, 1.807) is 14.1 Å². The zero-order chi connectivity index (χ0) is 14.2. The second kappa shape index (κ2) is 5.71. The van der Waals surface area contributed by atoms with Gasteiger partial charge in [0.05, 0.1) is 11.2 Å². The molecule has 2 atom stereocenters. The molecule has 2 rings (SSSR count). The Hall–Kier alpha value is -0.110. The first kappa shape index (κ1) is 15.3. The number of hydrogen-bond acceptors (Lipinski definition) is 3. The quantitative estimate of drug-likeness (QED) is 0.768. The van der Waals surface area contributed by atoms with Crippen LogP contribution in [0.2, 0.25) is 5.02 Å². The molecule has 0 bridgehead atoms. The van der Waals surface area contributed by atoms with Gasteiger partial charge in [0.15, 0.2) is 5.03 Å². The van der Waals surface area contributed by atoms with Crippen molar-refractivity contribution < 1.29 is 8.42 Å². The van der Waals surface area contributed by atoms with Crippen molar-refractivity contribution >= 4 is 37.6 Å². The maximum Gasteiger partial charge on any atom is 0.261 e. The Bertz CT molecular complexity index is 541. The van der Waals surface area contributed by atoms with E-state index in [0.29, 0.717) is 0 Å². The van der Waals surface area contributed by atoms with Gasteiger partial charge >= 0.3 is 0 Å². The van der Waals surface area contributed by atoms with Crippen LogP contribution in [0.1, 0.15) is 25.7 Å². The van der Waals surface area contributed by atoms with Crippen molar-refractivity contribution in [3.63, 3.8) is 0 Å². The summed E-state index contributed by atoms with van der Waals surface area (Å²) in [5, 5.41) is 4.12. The summed E-state index contributed by atoms with van der Waals surface area (Å²) in [5.41, 5.74) is 0. The molecule has 1 aromatic heterocycles. The predicted octanol–water partition coefficient (Wildman–Crippen LogP) is 2.40. The van der Waals surface area contributed by atoms with Crippen LogP contribution in [0.25, 0.3) is 0 Å². The zero-order valence-corrected chi connectivity index (χ0v) is 14.0. The number of sulfonamides is 1. The minimum Gasteiger partial charge on any atom is -0.255 e. The number of aryl methyl sites for hydroxylation is 1. The lowest BCUT2D eigenvalue weighted by Crippen LogP contribution is -2.44. The van der Waals surface area contributed by atoms with Gasteiger partial charge in [-0.05, 0) is 12.8 Å². The SMILES string of the molecule is CN(C1CCCCC1Br)S(=O)(=O)c1c(Cl)cnn1C.